The molecule has 5 heteroatoms. The zero-order valence-electron chi connectivity index (χ0n) is 14.0. The molecule has 2 amide bonds. The first-order valence-corrected chi connectivity index (χ1v) is 8.23. The Kier molecular flexibility index (Phi) is 5.74. The van der Waals surface area contributed by atoms with E-state index in [0.717, 1.165) is 25.9 Å². The van der Waals surface area contributed by atoms with Crippen molar-refractivity contribution in [2.45, 2.75) is 39.7 Å². The molecule has 126 valence electrons. The molecule has 4 nitrogen and oxygen atoms in total. The second kappa shape index (κ2) is 7.57. The molecule has 0 spiro atoms. The number of benzene rings is 1. The minimum atomic E-state index is -0.555. The molecule has 1 fully saturated rings. The third kappa shape index (κ3) is 4.53. The van der Waals surface area contributed by atoms with E-state index in [1.807, 2.05) is 18.7 Å². The fourth-order valence-electron chi connectivity index (χ4n) is 2.77. The highest BCUT2D eigenvalue weighted by Gasteiger charge is 2.30. The number of halogens is 1. The molecule has 0 bridgehead atoms. The molecule has 1 aromatic rings. The molecule has 0 radical (unpaired) electrons. The van der Waals surface area contributed by atoms with Crippen molar-refractivity contribution in [2.75, 3.05) is 13.1 Å². The number of hydrogen-bond donors (Lipinski definition) is 1. The first kappa shape index (κ1) is 17.4. The van der Waals surface area contributed by atoms with E-state index in [-0.39, 0.29) is 23.5 Å². The average Bonchev–Trinajstić information content (AvgIpc) is 2.53. The summed E-state index contributed by atoms with van der Waals surface area (Å²) in [4.78, 5) is 26.9. The van der Waals surface area contributed by atoms with Crippen molar-refractivity contribution >= 4 is 11.8 Å². The van der Waals surface area contributed by atoms with Crippen LogP contribution in [0.5, 0.6) is 0 Å². The van der Waals surface area contributed by atoms with Crippen LogP contribution in [0.3, 0.4) is 0 Å². The van der Waals surface area contributed by atoms with Gasteiger partial charge in [0, 0.05) is 18.7 Å². The molecule has 1 N–H and O–H groups in total. The molecule has 1 saturated heterocycles. The Morgan fingerprint density at radius 1 is 1.17 bits per heavy atom. The monoisotopic (exact) mass is 320 g/mol. The zero-order chi connectivity index (χ0) is 17.0. The van der Waals surface area contributed by atoms with Gasteiger partial charge < -0.3 is 10.2 Å². The van der Waals surface area contributed by atoms with E-state index >= 15 is 0 Å². The summed E-state index contributed by atoms with van der Waals surface area (Å²) < 4.78 is 13.0. The molecular formula is C18H25FN2O2. The molecule has 0 saturated carbocycles. The number of carbonyl (C=O) groups is 2. The first-order chi connectivity index (χ1) is 10.9. The number of hydrogen-bond acceptors (Lipinski definition) is 2. The maximum absolute atomic E-state index is 13.0. The number of amides is 2. The van der Waals surface area contributed by atoms with Crippen LogP contribution >= 0.6 is 0 Å². The van der Waals surface area contributed by atoms with Gasteiger partial charge in [-0.25, -0.2) is 4.39 Å². The van der Waals surface area contributed by atoms with Crippen LogP contribution in [0, 0.1) is 17.7 Å². The summed E-state index contributed by atoms with van der Waals surface area (Å²) in [6.07, 6.45) is 2.00. The van der Waals surface area contributed by atoms with Gasteiger partial charge in [-0.1, -0.05) is 20.8 Å². The summed E-state index contributed by atoms with van der Waals surface area (Å²) in [5.74, 6) is -0.123. The summed E-state index contributed by atoms with van der Waals surface area (Å²) in [5, 5.41) is 2.81. The molecule has 1 aliphatic rings. The van der Waals surface area contributed by atoms with Gasteiger partial charge in [0.15, 0.2) is 0 Å². The smallest absolute Gasteiger partial charge is 0.251 e. The van der Waals surface area contributed by atoms with Crippen LogP contribution in [-0.4, -0.2) is 35.8 Å². The summed E-state index contributed by atoms with van der Waals surface area (Å²) in [7, 11) is 0. The van der Waals surface area contributed by atoms with Crippen molar-refractivity contribution in [1.29, 1.82) is 0 Å². The van der Waals surface area contributed by atoms with Crippen molar-refractivity contribution in [3.63, 3.8) is 0 Å². The summed E-state index contributed by atoms with van der Waals surface area (Å²) >= 11 is 0. The molecular weight excluding hydrogens is 295 g/mol. The number of piperidine rings is 1. The van der Waals surface area contributed by atoms with Gasteiger partial charge in [0.05, 0.1) is 0 Å². The summed E-state index contributed by atoms with van der Waals surface area (Å²) in [6, 6.07) is 4.78. The minimum Gasteiger partial charge on any atom is -0.341 e. The third-order valence-electron chi connectivity index (χ3n) is 4.42. The second-order valence-corrected chi connectivity index (χ2v) is 6.71. The van der Waals surface area contributed by atoms with E-state index in [1.54, 1.807) is 0 Å². The molecule has 2 rings (SSSR count). The normalized spacial score (nSPS) is 17.2. The summed E-state index contributed by atoms with van der Waals surface area (Å²) in [6.45, 7) is 7.52. The molecule has 23 heavy (non-hydrogen) atoms. The highest BCUT2D eigenvalue weighted by molar-refractivity contribution is 5.97. The van der Waals surface area contributed by atoms with Gasteiger partial charge in [-0.15, -0.1) is 0 Å². The number of carbonyl (C=O) groups excluding carboxylic acids is 2. The van der Waals surface area contributed by atoms with E-state index in [0.29, 0.717) is 11.5 Å². The summed E-state index contributed by atoms with van der Waals surface area (Å²) in [5.41, 5.74) is 0.358. The largest absolute Gasteiger partial charge is 0.341 e. The van der Waals surface area contributed by atoms with Gasteiger partial charge in [-0.2, -0.15) is 0 Å². The van der Waals surface area contributed by atoms with Gasteiger partial charge in [0.1, 0.15) is 11.9 Å². The molecule has 1 aliphatic heterocycles. The van der Waals surface area contributed by atoms with E-state index in [1.165, 1.54) is 24.3 Å². The van der Waals surface area contributed by atoms with E-state index in [9.17, 15) is 14.0 Å². The van der Waals surface area contributed by atoms with Crippen molar-refractivity contribution < 1.29 is 14.0 Å². The lowest BCUT2D eigenvalue weighted by Gasteiger charge is -2.34. The Morgan fingerprint density at radius 3 is 2.26 bits per heavy atom. The van der Waals surface area contributed by atoms with E-state index < -0.39 is 6.04 Å². The van der Waals surface area contributed by atoms with Crippen LogP contribution < -0.4 is 5.32 Å². The van der Waals surface area contributed by atoms with Crippen LogP contribution in [0.2, 0.25) is 0 Å². The van der Waals surface area contributed by atoms with Crippen LogP contribution in [0.4, 0.5) is 4.39 Å². The Morgan fingerprint density at radius 2 is 1.74 bits per heavy atom. The topological polar surface area (TPSA) is 49.4 Å². The molecule has 1 atom stereocenters. The number of rotatable bonds is 4. The predicted octanol–water partition coefficient (Wildman–Crippen LogP) is 2.84. The third-order valence-corrected chi connectivity index (χ3v) is 4.42. The maximum Gasteiger partial charge on any atom is 0.251 e. The number of nitrogens with zero attached hydrogens (tertiary/aromatic N) is 1. The Hall–Kier alpha value is -1.91. The standard InChI is InChI=1S/C18H25FN2O2/c1-12(2)16(18(23)21-10-8-13(3)9-11-21)20-17(22)14-4-6-15(19)7-5-14/h4-7,12-13,16H,8-11H2,1-3H3,(H,20,22). The fraction of sp³-hybridized carbons (Fsp3) is 0.556. The quantitative estimate of drug-likeness (QED) is 0.927. The van der Waals surface area contributed by atoms with Crippen molar-refractivity contribution in [2.24, 2.45) is 11.8 Å². The predicted molar refractivity (Wildman–Crippen MR) is 87.5 cm³/mol. The average molecular weight is 320 g/mol. The molecule has 0 aliphatic carbocycles. The lowest BCUT2D eigenvalue weighted by atomic mass is 9.96. The van der Waals surface area contributed by atoms with Crippen LogP contribution in [0.1, 0.15) is 44.0 Å². The number of likely N-dealkylation sites (tertiary alicyclic amines) is 1. The van der Waals surface area contributed by atoms with Crippen molar-refractivity contribution in [3.05, 3.63) is 35.6 Å². The molecule has 1 aromatic carbocycles. The minimum absolute atomic E-state index is 0.00810. The van der Waals surface area contributed by atoms with E-state index in [4.69, 9.17) is 0 Å². The van der Waals surface area contributed by atoms with Crippen molar-refractivity contribution in [1.82, 2.24) is 10.2 Å². The van der Waals surface area contributed by atoms with Crippen LogP contribution in [0.15, 0.2) is 24.3 Å². The van der Waals surface area contributed by atoms with Gasteiger partial charge >= 0.3 is 0 Å². The lowest BCUT2D eigenvalue weighted by Crippen LogP contribution is -2.52. The van der Waals surface area contributed by atoms with E-state index in [2.05, 4.69) is 12.2 Å². The lowest BCUT2D eigenvalue weighted by molar-refractivity contribution is -0.135. The number of nitrogens with one attached hydrogen (secondary N) is 1. The first-order valence-electron chi connectivity index (χ1n) is 8.23. The highest BCUT2D eigenvalue weighted by Crippen LogP contribution is 2.18. The SMILES string of the molecule is CC1CCN(C(=O)C(NC(=O)c2ccc(F)cc2)C(C)C)CC1. The molecule has 0 aromatic heterocycles. The Labute approximate surface area is 137 Å². The Bertz CT molecular complexity index is 549. The van der Waals surface area contributed by atoms with Crippen LogP contribution in [0.25, 0.3) is 0 Å². The van der Waals surface area contributed by atoms with Crippen molar-refractivity contribution in [3.8, 4) is 0 Å². The molecule has 1 heterocycles. The zero-order valence-corrected chi connectivity index (χ0v) is 14.0. The van der Waals surface area contributed by atoms with Gasteiger partial charge in [0.25, 0.3) is 5.91 Å². The van der Waals surface area contributed by atoms with Gasteiger partial charge in [-0.3, -0.25) is 9.59 Å². The Balaban J connectivity index is 2.04. The van der Waals surface area contributed by atoms with Gasteiger partial charge in [0.2, 0.25) is 5.91 Å². The highest BCUT2D eigenvalue weighted by atomic mass is 19.1. The fourth-order valence-corrected chi connectivity index (χ4v) is 2.77. The van der Waals surface area contributed by atoms with Crippen LogP contribution in [-0.2, 0) is 4.79 Å². The molecule has 1 unspecified atom stereocenters. The second-order valence-electron chi connectivity index (χ2n) is 6.71. The maximum atomic E-state index is 13.0. The van der Waals surface area contributed by atoms with Gasteiger partial charge in [-0.05, 0) is 48.9 Å².